The van der Waals surface area contributed by atoms with E-state index < -0.39 is 0 Å². The van der Waals surface area contributed by atoms with Gasteiger partial charge in [-0.05, 0) is 12.1 Å². The topological polar surface area (TPSA) is 25.2 Å². The second kappa shape index (κ2) is 3.94. The van der Waals surface area contributed by atoms with Gasteiger partial charge in [-0.3, -0.25) is 4.79 Å². The van der Waals surface area contributed by atoms with Gasteiger partial charge in [0.1, 0.15) is 0 Å². The molecule has 0 unspecified atom stereocenters. The van der Waals surface area contributed by atoms with Crippen molar-refractivity contribution in [2.24, 2.45) is 7.05 Å². The Labute approximate surface area is 78.3 Å². The molecular formula is C10H14N2O. The van der Waals surface area contributed by atoms with Crippen molar-refractivity contribution < 1.29 is 4.79 Å². The van der Waals surface area contributed by atoms with E-state index in [1.165, 1.54) is 0 Å². The van der Waals surface area contributed by atoms with Gasteiger partial charge < -0.3 is 9.47 Å². The number of hydrogen-bond donors (Lipinski definition) is 0. The molecule has 0 amide bonds. The molecule has 0 atom stereocenters. The Kier molecular flexibility index (Phi) is 2.90. The summed E-state index contributed by atoms with van der Waals surface area (Å²) >= 11 is 0. The molecule has 1 aromatic heterocycles. The van der Waals surface area contributed by atoms with E-state index >= 15 is 0 Å². The predicted molar refractivity (Wildman–Crippen MR) is 52.6 cm³/mol. The molecule has 0 saturated heterocycles. The van der Waals surface area contributed by atoms with E-state index in [-0.39, 0.29) is 5.78 Å². The summed E-state index contributed by atoms with van der Waals surface area (Å²) in [4.78, 5) is 13.3. The second-order valence-electron chi connectivity index (χ2n) is 3.15. The van der Waals surface area contributed by atoms with Gasteiger partial charge in [-0.1, -0.05) is 0 Å². The van der Waals surface area contributed by atoms with Crippen molar-refractivity contribution in [3.8, 4) is 0 Å². The zero-order chi connectivity index (χ0) is 9.84. The number of carbonyl (C=O) groups is 1. The second-order valence-corrected chi connectivity index (χ2v) is 3.15. The quantitative estimate of drug-likeness (QED) is 0.514. The van der Waals surface area contributed by atoms with Crippen molar-refractivity contribution in [3.05, 3.63) is 36.3 Å². The van der Waals surface area contributed by atoms with E-state index in [1.54, 1.807) is 12.3 Å². The first-order valence-electron chi connectivity index (χ1n) is 4.11. The number of hydrogen-bond acceptors (Lipinski definition) is 2. The fourth-order valence-electron chi connectivity index (χ4n) is 1.02. The Morgan fingerprint density at radius 3 is 2.69 bits per heavy atom. The van der Waals surface area contributed by atoms with Crippen LogP contribution in [0.1, 0.15) is 10.5 Å². The fraction of sp³-hybridized carbons (Fsp3) is 0.300. The summed E-state index contributed by atoms with van der Waals surface area (Å²) in [5.41, 5.74) is 0.707. The molecule has 0 aliphatic carbocycles. The summed E-state index contributed by atoms with van der Waals surface area (Å²) in [7, 11) is 5.63. The molecule has 0 bridgehead atoms. The number of aryl methyl sites for hydroxylation is 1. The van der Waals surface area contributed by atoms with Crippen molar-refractivity contribution in [2.75, 3.05) is 14.1 Å². The Hall–Kier alpha value is -1.51. The fourth-order valence-corrected chi connectivity index (χ4v) is 1.02. The van der Waals surface area contributed by atoms with Crippen LogP contribution < -0.4 is 0 Å². The number of ketones is 1. The predicted octanol–water partition coefficient (Wildman–Crippen LogP) is 1.28. The summed E-state index contributed by atoms with van der Waals surface area (Å²) in [6.07, 6.45) is 5.17. The van der Waals surface area contributed by atoms with E-state index in [2.05, 4.69) is 0 Å². The summed E-state index contributed by atoms with van der Waals surface area (Å²) in [6, 6.07) is 3.67. The highest BCUT2D eigenvalue weighted by Crippen LogP contribution is 2.01. The monoisotopic (exact) mass is 178 g/mol. The third-order valence-electron chi connectivity index (χ3n) is 1.72. The van der Waals surface area contributed by atoms with Crippen molar-refractivity contribution >= 4 is 5.78 Å². The molecule has 3 heteroatoms. The van der Waals surface area contributed by atoms with Crippen molar-refractivity contribution in [1.29, 1.82) is 0 Å². The summed E-state index contributed by atoms with van der Waals surface area (Å²) in [5.74, 6) is 0.0289. The highest BCUT2D eigenvalue weighted by Gasteiger charge is 2.03. The average molecular weight is 178 g/mol. The van der Waals surface area contributed by atoms with Crippen LogP contribution in [0.3, 0.4) is 0 Å². The lowest BCUT2D eigenvalue weighted by Crippen LogP contribution is -2.05. The van der Waals surface area contributed by atoms with Gasteiger partial charge in [0.2, 0.25) is 5.78 Å². The van der Waals surface area contributed by atoms with Crippen LogP contribution >= 0.6 is 0 Å². The first-order valence-corrected chi connectivity index (χ1v) is 4.11. The first-order chi connectivity index (χ1) is 6.11. The summed E-state index contributed by atoms with van der Waals surface area (Å²) < 4.78 is 1.81. The van der Waals surface area contributed by atoms with E-state index in [0.717, 1.165) is 0 Å². The molecule has 70 valence electrons. The van der Waals surface area contributed by atoms with Crippen molar-refractivity contribution in [3.63, 3.8) is 0 Å². The molecule has 1 rings (SSSR count). The molecule has 13 heavy (non-hydrogen) atoms. The SMILES string of the molecule is CN(C)/C=C\C(=O)c1cccn1C. The lowest BCUT2D eigenvalue weighted by molar-refractivity contribution is 0.103. The Morgan fingerprint density at radius 1 is 1.54 bits per heavy atom. The molecule has 0 radical (unpaired) electrons. The molecule has 0 saturated carbocycles. The maximum Gasteiger partial charge on any atom is 0.203 e. The zero-order valence-corrected chi connectivity index (χ0v) is 8.19. The average Bonchev–Trinajstić information content (AvgIpc) is 2.47. The third kappa shape index (κ3) is 2.47. The van der Waals surface area contributed by atoms with Crippen LogP contribution in [0.5, 0.6) is 0 Å². The largest absolute Gasteiger partial charge is 0.383 e. The minimum Gasteiger partial charge on any atom is -0.383 e. The minimum absolute atomic E-state index is 0.0289. The third-order valence-corrected chi connectivity index (χ3v) is 1.72. The van der Waals surface area contributed by atoms with Crippen molar-refractivity contribution in [2.45, 2.75) is 0 Å². The Morgan fingerprint density at radius 2 is 2.23 bits per heavy atom. The molecule has 1 heterocycles. The molecule has 0 aliphatic rings. The zero-order valence-electron chi connectivity index (χ0n) is 8.19. The van der Waals surface area contributed by atoms with E-state index in [4.69, 9.17) is 0 Å². The highest BCUT2D eigenvalue weighted by molar-refractivity contribution is 6.03. The van der Waals surface area contributed by atoms with Gasteiger partial charge in [0, 0.05) is 39.6 Å². The Balaban J connectivity index is 2.75. The molecule has 0 aliphatic heterocycles. The van der Waals surface area contributed by atoms with Crippen LogP contribution in [0.15, 0.2) is 30.6 Å². The first kappa shape index (κ1) is 9.58. The van der Waals surface area contributed by atoms with E-state index in [9.17, 15) is 4.79 Å². The normalized spacial score (nSPS) is 10.7. The lowest BCUT2D eigenvalue weighted by Gasteiger charge is -2.03. The van der Waals surface area contributed by atoms with E-state index in [1.807, 2.05) is 48.9 Å². The van der Waals surface area contributed by atoms with Crippen LogP contribution in [0, 0.1) is 0 Å². The summed E-state index contributed by atoms with van der Waals surface area (Å²) in [6.45, 7) is 0. The highest BCUT2D eigenvalue weighted by atomic mass is 16.1. The van der Waals surface area contributed by atoms with Gasteiger partial charge >= 0.3 is 0 Å². The molecular weight excluding hydrogens is 164 g/mol. The molecule has 0 aromatic carbocycles. The Bertz CT molecular complexity index is 323. The van der Waals surface area contributed by atoms with Crippen LogP contribution in [0.4, 0.5) is 0 Å². The van der Waals surface area contributed by atoms with Crippen LogP contribution in [0.25, 0.3) is 0 Å². The van der Waals surface area contributed by atoms with Gasteiger partial charge in [-0.25, -0.2) is 0 Å². The van der Waals surface area contributed by atoms with Gasteiger partial charge in [0.15, 0.2) is 0 Å². The van der Waals surface area contributed by atoms with Crippen LogP contribution in [-0.4, -0.2) is 29.3 Å². The lowest BCUT2D eigenvalue weighted by atomic mass is 10.3. The molecule has 1 aromatic rings. The van der Waals surface area contributed by atoms with Crippen molar-refractivity contribution in [1.82, 2.24) is 9.47 Å². The molecule has 3 nitrogen and oxygen atoms in total. The van der Waals surface area contributed by atoms with Gasteiger partial charge in [0.05, 0.1) is 5.69 Å². The smallest absolute Gasteiger partial charge is 0.203 e. The summed E-state index contributed by atoms with van der Waals surface area (Å²) in [5, 5.41) is 0. The molecule has 0 fully saturated rings. The number of carbonyl (C=O) groups excluding carboxylic acids is 1. The van der Waals surface area contributed by atoms with Crippen LogP contribution in [0.2, 0.25) is 0 Å². The number of rotatable bonds is 3. The van der Waals surface area contributed by atoms with Gasteiger partial charge in [0.25, 0.3) is 0 Å². The molecule has 0 N–H and O–H groups in total. The standard InChI is InChI=1S/C10H14N2O/c1-11(2)8-6-10(13)9-5-4-7-12(9)3/h4-8H,1-3H3/b8-6-. The van der Waals surface area contributed by atoms with E-state index in [0.29, 0.717) is 5.69 Å². The number of aromatic nitrogens is 1. The van der Waals surface area contributed by atoms with Gasteiger partial charge in [-0.2, -0.15) is 0 Å². The maximum absolute atomic E-state index is 11.5. The number of nitrogens with zero attached hydrogens (tertiary/aromatic N) is 2. The van der Waals surface area contributed by atoms with Crippen LogP contribution in [-0.2, 0) is 7.05 Å². The minimum atomic E-state index is 0.0289. The maximum atomic E-state index is 11.5. The number of allylic oxidation sites excluding steroid dienone is 1. The van der Waals surface area contributed by atoms with Gasteiger partial charge in [-0.15, -0.1) is 0 Å². The molecule has 0 spiro atoms.